The Bertz CT molecular complexity index is 176. The Morgan fingerprint density at radius 3 is 2.69 bits per heavy atom. The van der Waals surface area contributed by atoms with E-state index in [1.807, 2.05) is 6.92 Å². The van der Waals surface area contributed by atoms with Gasteiger partial charge in [-0.25, -0.2) is 0 Å². The summed E-state index contributed by atoms with van der Waals surface area (Å²) in [6, 6.07) is 0.0892. The zero-order chi connectivity index (χ0) is 9.84. The Balaban J connectivity index is 2.17. The van der Waals surface area contributed by atoms with Crippen LogP contribution in [0.2, 0.25) is 0 Å². The molecule has 0 radical (unpaired) electrons. The second-order valence-corrected chi connectivity index (χ2v) is 4.18. The van der Waals surface area contributed by atoms with Crippen LogP contribution in [-0.2, 0) is 4.79 Å². The van der Waals surface area contributed by atoms with Crippen molar-refractivity contribution in [2.45, 2.75) is 51.6 Å². The van der Waals surface area contributed by atoms with Crippen molar-refractivity contribution in [2.75, 3.05) is 0 Å². The highest BCUT2D eigenvalue weighted by atomic mass is 16.2. The molecule has 3 N–H and O–H groups in total. The summed E-state index contributed by atoms with van der Waals surface area (Å²) in [7, 11) is 0. The van der Waals surface area contributed by atoms with E-state index in [0.717, 1.165) is 31.6 Å². The average molecular weight is 184 g/mol. The largest absolute Gasteiger partial charge is 0.352 e. The predicted molar refractivity (Wildman–Crippen MR) is 53.2 cm³/mol. The summed E-state index contributed by atoms with van der Waals surface area (Å²) in [5, 5.41) is 2.97. The van der Waals surface area contributed by atoms with Crippen molar-refractivity contribution in [1.29, 1.82) is 0 Å². The van der Waals surface area contributed by atoms with Crippen molar-refractivity contribution in [3.63, 3.8) is 0 Å². The molecule has 0 saturated heterocycles. The van der Waals surface area contributed by atoms with E-state index in [0.29, 0.717) is 6.04 Å². The van der Waals surface area contributed by atoms with Gasteiger partial charge in [0, 0.05) is 6.04 Å². The molecular formula is C10H20N2O. The molecular weight excluding hydrogens is 164 g/mol. The Morgan fingerprint density at radius 2 is 2.23 bits per heavy atom. The number of hydrogen-bond donors (Lipinski definition) is 2. The lowest BCUT2D eigenvalue weighted by Crippen LogP contribution is -2.49. The van der Waals surface area contributed by atoms with Crippen LogP contribution in [-0.4, -0.2) is 18.0 Å². The number of nitrogens with two attached hydrogens (primary N) is 1. The van der Waals surface area contributed by atoms with Crippen LogP contribution in [0.4, 0.5) is 0 Å². The Kier molecular flexibility index (Phi) is 3.72. The third-order valence-electron chi connectivity index (χ3n) is 2.66. The van der Waals surface area contributed by atoms with Gasteiger partial charge in [0.1, 0.15) is 0 Å². The molecule has 0 aliphatic heterocycles. The van der Waals surface area contributed by atoms with Gasteiger partial charge >= 0.3 is 0 Å². The fraction of sp³-hybridized carbons (Fsp3) is 0.900. The standard InChI is InChI=1S/C10H20N2O/c1-3-4-9(11)10(13)12-8-5-7(2)6-8/h7-9H,3-6,11H2,1-2H3,(H,12,13)/t7?,8?,9-/m1/s1. The summed E-state index contributed by atoms with van der Waals surface area (Å²) in [5.74, 6) is 0.798. The summed E-state index contributed by atoms with van der Waals surface area (Å²) < 4.78 is 0. The summed E-state index contributed by atoms with van der Waals surface area (Å²) in [6.45, 7) is 4.24. The van der Waals surface area contributed by atoms with Gasteiger partial charge in [-0.2, -0.15) is 0 Å². The van der Waals surface area contributed by atoms with Crippen molar-refractivity contribution in [3.8, 4) is 0 Å². The first-order valence-electron chi connectivity index (χ1n) is 5.19. The van der Waals surface area contributed by atoms with E-state index in [2.05, 4.69) is 12.2 Å². The summed E-state index contributed by atoms with van der Waals surface area (Å²) >= 11 is 0. The molecule has 1 rings (SSSR count). The van der Waals surface area contributed by atoms with Gasteiger partial charge in [0.15, 0.2) is 0 Å². The van der Waals surface area contributed by atoms with E-state index >= 15 is 0 Å². The van der Waals surface area contributed by atoms with Crippen LogP contribution in [0, 0.1) is 5.92 Å². The maximum atomic E-state index is 11.4. The second kappa shape index (κ2) is 4.61. The number of amides is 1. The summed E-state index contributed by atoms with van der Waals surface area (Å²) in [4.78, 5) is 11.4. The van der Waals surface area contributed by atoms with E-state index in [-0.39, 0.29) is 11.9 Å². The number of nitrogens with one attached hydrogen (secondary N) is 1. The van der Waals surface area contributed by atoms with Gasteiger partial charge in [-0.3, -0.25) is 4.79 Å². The minimum atomic E-state index is -0.305. The van der Waals surface area contributed by atoms with Gasteiger partial charge in [0.25, 0.3) is 0 Å². The SMILES string of the molecule is CCC[C@@H](N)C(=O)NC1CC(C)C1. The Labute approximate surface area is 80.1 Å². The quantitative estimate of drug-likeness (QED) is 0.685. The molecule has 0 aromatic carbocycles. The molecule has 3 nitrogen and oxygen atoms in total. The molecule has 0 aromatic rings. The molecule has 1 aliphatic rings. The summed E-state index contributed by atoms with van der Waals surface area (Å²) in [6.07, 6.45) is 3.99. The van der Waals surface area contributed by atoms with E-state index < -0.39 is 0 Å². The third-order valence-corrected chi connectivity index (χ3v) is 2.66. The van der Waals surface area contributed by atoms with Gasteiger partial charge in [-0.15, -0.1) is 0 Å². The molecule has 1 aliphatic carbocycles. The van der Waals surface area contributed by atoms with Gasteiger partial charge in [-0.05, 0) is 25.2 Å². The average Bonchev–Trinajstić information content (AvgIpc) is 2.02. The zero-order valence-corrected chi connectivity index (χ0v) is 8.55. The molecule has 3 heteroatoms. The topological polar surface area (TPSA) is 55.1 Å². The Hall–Kier alpha value is -0.570. The summed E-state index contributed by atoms with van der Waals surface area (Å²) in [5.41, 5.74) is 5.68. The van der Waals surface area contributed by atoms with Crippen LogP contribution in [0.3, 0.4) is 0 Å². The van der Waals surface area contributed by atoms with E-state index in [1.165, 1.54) is 0 Å². The monoisotopic (exact) mass is 184 g/mol. The molecule has 0 bridgehead atoms. The smallest absolute Gasteiger partial charge is 0.237 e. The maximum Gasteiger partial charge on any atom is 0.237 e. The number of hydrogen-bond acceptors (Lipinski definition) is 2. The lowest BCUT2D eigenvalue weighted by Gasteiger charge is -2.33. The van der Waals surface area contributed by atoms with Gasteiger partial charge in [-0.1, -0.05) is 20.3 Å². The first-order chi connectivity index (χ1) is 6.13. The van der Waals surface area contributed by atoms with Crippen LogP contribution in [0.25, 0.3) is 0 Å². The van der Waals surface area contributed by atoms with E-state index in [1.54, 1.807) is 0 Å². The highest BCUT2D eigenvalue weighted by Gasteiger charge is 2.27. The number of rotatable bonds is 4. The van der Waals surface area contributed by atoms with Crippen LogP contribution in [0.5, 0.6) is 0 Å². The normalized spacial score (nSPS) is 29.2. The van der Waals surface area contributed by atoms with Crippen molar-refractivity contribution >= 4 is 5.91 Å². The zero-order valence-electron chi connectivity index (χ0n) is 8.55. The maximum absolute atomic E-state index is 11.4. The molecule has 1 saturated carbocycles. The number of carbonyl (C=O) groups excluding carboxylic acids is 1. The van der Waals surface area contributed by atoms with E-state index in [9.17, 15) is 4.79 Å². The van der Waals surface area contributed by atoms with Gasteiger partial charge in [0.2, 0.25) is 5.91 Å². The van der Waals surface area contributed by atoms with Crippen LogP contribution in [0.1, 0.15) is 39.5 Å². The van der Waals surface area contributed by atoms with Gasteiger partial charge < -0.3 is 11.1 Å². The highest BCUT2D eigenvalue weighted by Crippen LogP contribution is 2.26. The lowest BCUT2D eigenvalue weighted by molar-refractivity contribution is -0.124. The van der Waals surface area contributed by atoms with Gasteiger partial charge in [0.05, 0.1) is 6.04 Å². The first-order valence-corrected chi connectivity index (χ1v) is 5.19. The van der Waals surface area contributed by atoms with E-state index in [4.69, 9.17) is 5.73 Å². The second-order valence-electron chi connectivity index (χ2n) is 4.18. The first kappa shape index (κ1) is 10.5. The fourth-order valence-corrected chi connectivity index (χ4v) is 1.77. The fourth-order valence-electron chi connectivity index (χ4n) is 1.77. The van der Waals surface area contributed by atoms with Crippen molar-refractivity contribution < 1.29 is 4.79 Å². The van der Waals surface area contributed by atoms with Crippen molar-refractivity contribution in [2.24, 2.45) is 11.7 Å². The molecule has 0 spiro atoms. The molecule has 76 valence electrons. The third kappa shape index (κ3) is 2.99. The Morgan fingerprint density at radius 1 is 1.62 bits per heavy atom. The lowest BCUT2D eigenvalue weighted by atomic mass is 9.82. The molecule has 1 amide bonds. The number of carbonyl (C=O) groups is 1. The van der Waals surface area contributed by atoms with Crippen molar-refractivity contribution in [3.05, 3.63) is 0 Å². The molecule has 1 atom stereocenters. The molecule has 0 unspecified atom stereocenters. The molecule has 1 fully saturated rings. The van der Waals surface area contributed by atoms with Crippen LogP contribution >= 0.6 is 0 Å². The minimum Gasteiger partial charge on any atom is -0.352 e. The van der Waals surface area contributed by atoms with Crippen LogP contribution < -0.4 is 11.1 Å². The predicted octanol–water partition coefficient (Wildman–Crippen LogP) is 1.03. The molecule has 13 heavy (non-hydrogen) atoms. The van der Waals surface area contributed by atoms with Crippen molar-refractivity contribution in [1.82, 2.24) is 5.32 Å². The minimum absolute atomic E-state index is 0.0266. The molecule has 0 heterocycles. The highest BCUT2D eigenvalue weighted by molar-refractivity contribution is 5.81. The van der Waals surface area contributed by atoms with Crippen LogP contribution in [0.15, 0.2) is 0 Å². The molecule has 0 aromatic heterocycles.